The van der Waals surface area contributed by atoms with Gasteiger partial charge in [-0.3, -0.25) is 0 Å². The van der Waals surface area contributed by atoms with Gasteiger partial charge in [-0.25, -0.2) is 14.2 Å². The fourth-order valence-electron chi connectivity index (χ4n) is 5.30. The lowest BCUT2D eigenvalue weighted by atomic mass is 9.84. The van der Waals surface area contributed by atoms with Crippen LogP contribution < -0.4 is 4.90 Å². The number of hydrogen-bond donors (Lipinski definition) is 0. The molecule has 0 bridgehead atoms. The standard InChI is InChI=1S/C26H36N5P/c1-9-31(10-2)32(28-22-16-15-19(3)17-20(22)4)24(18-27-30(32)8)25-26(5,6)21-13-11-12-14-23(21)29(25)7/h11-18H,9-10H2,1-8H3/b25-24+/t32-/m0/s1. The Morgan fingerprint density at radius 2 is 1.72 bits per heavy atom. The van der Waals surface area contributed by atoms with Crippen LogP contribution in [0.2, 0.25) is 0 Å². The number of anilines is 1. The van der Waals surface area contributed by atoms with Crippen molar-refractivity contribution in [3.05, 3.63) is 70.2 Å². The minimum absolute atomic E-state index is 0.131. The second-order valence-corrected chi connectivity index (χ2v) is 12.2. The lowest BCUT2D eigenvalue weighted by Crippen LogP contribution is -2.30. The Morgan fingerprint density at radius 3 is 2.34 bits per heavy atom. The monoisotopic (exact) mass is 449 g/mol. The summed E-state index contributed by atoms with van der Waals surface area (Å²) in [5, 5.41) is 6.13. The minimum atomic E-state index is -2.31. The van der Waals surface area contributed by atoms with E-state index in [-0.39, 0.29) is 5.41 Å². The van der Waals surface area contributed by atoms with Crippen molar-refractivity contribution in [2.75, 3.05) is 32.1 Å². The molecular weight excluding hydrogens is 413 g/mol. The highest BCUT2D eigenvalue weighted by Crippen LogP contribution is 2.69. The molecule has 5 nitrogen and oxygen atoms in total. The van der Waals surface area contributed by atoms with E-state index in [1.54, 1.807) is 0 Å². The van der Waals surface area contributed by atoms with E-state index in [4.69, 9.17) is 9.85 Å². The molecule has 32 heavy (non-hydrogen) atoms. The van der Waals surface area contributed by atoms with Gasteiger partial charge in [0.05, 0.1) is 17.2 Å². The van der Waals surface area contributed by atoms with E-state index in [1.807, 2.05) is 0 Å². The van der Waals surface area contributed by atoms with Gasteiger partial charge < -0.3 is 4.90 Å². The van der Waals surface area contributed by atoms with E-state index < -0.39 is 7.36 Å². The normalized spacial score (nSPS) is 23.9. The van der Waals surface area contributed by atoms with Gasteiger partial charge in [-0.15, -0.1) is 0 Å². The molecule has 6 heteroatoms. The average molecular weight is 450 g/mol. The van der Waals surface area contributed by atoms with E-state index in [0.717, 1.165) is 18.8 Å². The summed E-state index contributed by atoms with van der Waals surface area (Å²) in [5.74, 6) is 0. The number of likely N-dealkylation sites (N-methyl/N-ethyl adjacent to an activating group) is 1. The molecule has 2 aliphatic rings. The third-order valence-electron chi connectivity index (χ3n) is 6.91. The van der Waals surface area contributed by atoms with Crippen LogP contribution >= 0.6 is 7.36 Å². The Hall–Kier alpha value is -2.36. The fourth-order valence-corrected chi connectivity index (χ4v) is 9.08. The van der Waals surface area contributed by atoms with Gasteiger partial charge in [0.25, 0.3) is 0 Å². The molecule has 0 saturated carbocycles. The first-order valence-electron chi connectivity index (χ1n) is 11.5. The zero-order valence-corrected chi connectivity index (χ0v) is 21.6. The van der Waals surface area contributed by atoms with Crippen molar-refractivity contribution in [3.63, 3.8) is 0 Å². The molecule has 4 rings (SSSR count). The van der Waals surface area contributed by atoms with Gasteiger partial charge in [0, 0.05) is 44.0 Å². The molecule has 0 saturated heterocycles. The molecule has 0 aliphatic carbocycles. The Labute approximate surface area is 193 Å². The van der Waals surface area contributed by atoms with Gasteiger partial charge in [0.1, 0.15) is 0 Å². The summed E-state index contributed by atoms with van der Waals surface area (Å²) in [6.07, 6.45) is 2.08. The van der Waals surface area contributed by atoms with Crippen LogP contribution in [-0.2, 0) is 5.41 Å². The topological polar surface area (TPSA) is 34.4 Å². The van der Waals surface area contributed by atoms with Crippen molar-refractivity contribution in [3.8, 4) is 0 Å². The molecule has 2 aromatic rings. The van der Waals surface area contributed by atoms with Crippen LogP contribution in [0.15, 0.2) is 63.3 Å². The zero-order chi connectivity index (χ0) is 23.3. The number of nitrogens with zero attached hydrogens (tertiary/aromatic N) is 5. The van der Waals surface area contributed by atoms with E-state index in [0.29, 0.717) is 0 Å². The molecule has 0 unspecified atom stereocenters. The SMILES string of the molecule is CCN(CC)[P@]1(=Nc2ccc(C)cc2C)/C(=C2/N(C)c3ccccc3C2(C)C)C=NN1C. The lowest BCUT2D eigenvalue weighted by molar-refractivity contribution is 0.452. The summed E-state index contributed by atoms with van der Waals surface area (Å²) >= 11 is 0. The highest BCUT2D eigenvalue weighted by molar-refractivity contribution is 7.67. The van der Waals surface area contributed by atoms with Crippen LogP contribution in [0.3, 0.4) is 0 Å². The lowest BCUT2D eigenvalue weighted by Gasteiger charge is -2.39. The first-order valence-corrected chi connectivity index (χ1v) is 13.1. The van der Waals surface area contributed by atoms with Crippen molar-refractivity contribution < 1.29 is 0 Å². The smallest absolute Gasteiger partial charge is 0.174 e. The third-order valence-corrected chi connectivity index (χ3v) is 10.6. The number of allylic oxidation sites excluding steroid dienone is 2. The van der Waals surface area contributed by atoms with Crippen LogP contribution in [0.1, 0.15) is 44.4 Å². The predicted octanol–water partition coefficient (Wildman–Crippen LogP) is 6.88. The van der Waals surface area contributed by atoms with Gasteiger partial charge in [0.15, 0.2) is 7.36 Å². The van der Waals surface area contributed by atoms with Gasteiger partial charge in [-0.1, -0.05) is 63.6 Å². The molecule has 0 spiro atoms. The van der Waals surface area contributed by atoms with Crippen molar-refractivity contribution in [2.24, 2.45) is 9.85 Å². The predicted molar refractivity (Wildman–Crippen MR) is 139 cm³/mol. The first-order chi connectivity index (χ1) is 15.2. The van der Waals surface area contributed by atoms with E-state index in [1.165, 1.54) is 33.4 Å². The molecule has 2 aromatic carbocycles. The van der Waals surface area contributed by atoms with E-state index in [9.17, 15) is 0 Å². The molecule has 0 radical (unpaired) electrons. The summed E-state index contributed by atoms with van der Waals surface area (Å²) < 4.78 is 10.3. The van der Waals surface area contributed by atoms with E-state index >= 15 is 0 Å². The number of hydrogen-bond acceptors (Lipinski definition) is 3. The number of rotatable bonds is 4. The zero-order valence-electron chi connectivity index (χ0n) is 20.7. The minimum Gasteiger partial charge on any atom is -0.346 e. The number of fused-ring (bicyclic) bond motifs is 1. The Kier molecular flexibility index (Phi) is 5.85. The van der Waals surface area contributed by atoms with Crippen LogP contribution in [0.5, 0.6) is 0 Å². The number of hydrazone groups is 1. The number of benzene rings is 2. The molecular formula is C26H36N5P. The summed E-state index contributed by atoms with van der Waals surface area (Å²) in [6, 6.07) is 15.3. The van der Waals surface area contributed by atoms with Crippen LogP contribution in [0.4, 0.5) is 11.4 Å². The second-order valence-electron chi connectivity index (χ2n) is 9.27. The van der Waals surface area contributed by atoms with Crippen molar-refractivity contribution in [2.45, 2.75) is 47.0 Å². The maximum absolute atomic E-state index is 5.60. The number of para-hydroxylation sites is 1. The molecule has 2 heterocycles. The summed E-state index contributed by atoms with van der Waals surface area (Å²) in [7, 11) is 1.98. The summed E-state index contributed by atoms with van der Waals surface area (Å²) in [4.78, 5) is 2.37. The van der Waals surface area contributed by atoms with Crippen LogP contribution in [0, 0.1) is 13.8 Å². The quantitative estimate of drug-likeness (QED) is 0.477. The second kappa shape index (κ2) is 8.20. The summed E-state index contributed by atoms with van der Waals surface area (Å²) in [5.41, 5.74) is 7.34. The maximum Gasteiger partial charge on any atom is 0.174 e. The van der Waals surface area contributed by atoms with Gasteiger partial charge in [-0.05, 0) is 37.1 Å². The Morgan fingerprint density at radius 1 is 1.03 bits per heavy atom. The van der Waals surface area contributed by atoms with Crippen LogP contribution in [0.25, 0.3) is 0 Å². The van der Waals surface area contributed by atoms with Crippen molar-refractivity contribution in [1.29, 1.82) is 0 Å². The molecule has 0 amide bonds. The molecule has 0 fully saturated rings. The first kappa shape index (κ1) is 22.8. The fraction of sp³-hybridized carbons (Fsp3) is 0.423. The van der Waals surface area contributed by atoms with Gasteiger partial charge in [-0.2, -0.15) is 5.10 Å². The Balaban J connectivity index is 2.08. The van der Waals surface area contributed by atoms with Gasteiger partial charge in [0.2, 0.25) is 0 Å². The molecule has 1 atom stereocenters. The van der Waals surface area contributed by atoms with Gasteiger partial charge >= 0.3 is 0 Å². The highest BCUT2D eigenvalue weighted by atomic mass is 31.2. The largest absolute Gasteiger partial charge is 0.346 e. The maximum atomic E-state index is 5.60. The highest BCUT2D eigenvalue weighted by Gasteiger charge is 2.47. The molecule has 0 N–H and O–H groups in total. The van der Waals surface area contributed by atoms with Crippen LogP contribution in [-0.4, -0.2) is 42.8 Å². The average Bonchev–Trinajstić information content (AvgIpc) is 3.17. The third kappa shape index (κ3) is 3.25. The molecule has 170 valence electrons. The molecule has 0 aromatic heterocycles. The molecule has 2 aliphatic heterocycles. The number of aryl methyl sites for hydroxylation is 2. The summed E-state index contributed by atoms with van der Waals surface area (Å²) in [6.45, 7) is 15.3. The van der Waals surface area contributed by atoms with E-state index in [2.05, 4.69) is 119 Å². The van der Waals surface area contributed by atoms with Crippen molar-refractivity contribution >= 4 is 24.9 Å². The van der Waals surface area contributed by atoms with Crippen molar-refractivity contribution in [1.82, 2.24) is 9.45 Å². The Bertz CT molecular complexity index is 1160.